The standard InChI is InChI=1S/C17H13ClN2O3/c1-20-14(21)9-12-11(17(20)23)7-8-13(18)15(12)16(22)19-10-5-3-2-4-6-10/h2-9,21H,1H3,(H,19,22). The molecule has 0 unspecified atom stereocenters. The Kier molecular flexibility index (Phi) is 3.80. The molecule has 1 amide bonds. The van der Waals surface area contributed by atoms with Gasteiger partial charge in [-0.15, -0.1) is 0 Å². The van der Waals surface area contributed by atoms with Crippen molar-refractivity contribution in [2.24, 2.45) is 7.05 Å². The average Bonchev–Trinajstić information content (AvgIpc) is 2.53. The fourth-order valence-corrected chi connectivity index (χ4v) is 2.64. The number of fused-ring (bicyclic) bond motifs is 1. The smallest absolute Gasteiger partial charge is 0.260 e. The number of nitrogens with zero attached hydrogens (tertiary/aromatic N) is 1. The van der Waals surface area contributed by atoms with E-state index in [0.29, 0.717) is 16.5 Å². The third kappa shape index (κ3) is 2.66. The van der Waals surface area contributed by atoms with Crippen molar-refractivity contribution in [3.8, 4) is 5.88 Å². The van der Waals surface area contributed by atoms with Crippen molar-refractivity contribution in [1.29, 1.82) is 0 Å². The van der Waals surface area contributed by atoms with Gasteiger partial charge in [0.25, 0.3) is 11.5 Å². The highest BCUT2D eigenvalue weighted by Gasteiger charge is 2.18. The molecule has 3 aromatic rings. The van der Waals surface area contributed by atoms with Gasteiger partial charge in [-0.3, -0.25) is 14.2 Å². The predicted molar refractivity (Wildman–Crippen MR) is 90.3 cm³/mol. The lowest BCUT2D eigenvalue weighted by Gasteiger charge is -2.11. The maximum absolute atomic E-state index is 12.6. The number of amides is 1. The van der Waals surface area contributed by atoms with E-state index in [0.717, 1.165) is 4.57 Å². The number of nitrogens with one attached hydrogen (secondary N) is 1. The second kappa shape index (κ2) is 5.78. The minimum atomic E-state index is -0.445. The number of aromatic nitrogens is 1. The molecule has 2 N–H and O–H groups in total. The van der Waals surface area contributed by atoms with Gasteiger partial charge in [0.1, 0.15) is 0 Å². The summed E-state index contributed by atoms with van der Waals surface area (Å²) in [4.78, 5) is 24.8. The molecule has 0 aliphatic heterocycles. The zero-order valence-corrected chi connectivity index (χ0v) is 13.0. The molecule has 2 aromatic carbocycles. The van der Waals surface area contributed by atoms with E-state index >= 15 is 0 Å². The molecule has 0 fully saturated rings. The fraction of sp³-hybridized carbons (Fsp3) is 0.0588. The Balaban J connectivity index is 2.18. The van der Waals surface area contributed by atoms with Gasteiger partial charge in [0.05, 0.1) is 10.6 Å². The normalized spacial score (nSPS) is 10.7. The number of pyridine rings is 1. The number of carbonyl (C=O) groups excluding carboxylic acids is 1. The zero-order chi connectivity index (χ0) is 16.6. The summed E-state index contributed by atoms with van der Waals surface area (Å²) in [5.41, 5.74) is 0.366. The van der Waals surface area contributed by atoms with Crippen LogP contribution in [0.25, 0.3) is 10.8 Å². The Morgan fingerprint density at radius 3 is 2.52 bits per heavy atom. The van der Waals surface area contributed by atoms with Crippen LogP contribution in [0, 0.1) is 0 Å². The summed E-state index contributed by atoms with van der Waals surface area (Å²) in [5.74, 6) is -0.682. The minimum Gasteiger partial charge on any atom is -0.494 e. The van der Waals surface area contributed by atoms with Gasteiger partial charge < -0.3 is 10.4 Å². The van der Waals surface area contributed by atoms with Crippen molar-refractivity contribution in [3.05, 3.63) is 69.5 Å². The van der Waals surface area contributed by atoms with Crippen molar-refractivity contribution in [2.45, 2.75) is 0 Å². The Morgan fingerprint density at radius 2 is 1.83 bits per heavy atom. The Morgan fingerprint density at radius 1 is 1.13 bits per heavy atom. The van der Waals surface area contributed by atoms with Crippen LogP contribution in [0.2, 0.25) is 5.02 Å². The van der Waals surface area contributed by atoms with Crippen molar-refractivity contribution in [1.82, 2.24) is 4.57 Å². The monoisotopic (exact) mass is 328 g/mol. The van der Waals surface area contributed by atoms with E-state index < -0.39 is 11.5 Å². The molecule has 5 nitrogen and oxygen atoms in total. The van der Waals surface area contributed by atoms with Crippen LogP contribution < -0.4 is 10.9 Å². The number of hydrogen-bond donors (Lipinski definition) is 2. The molecular weight excluding hydrogens is 316 g/mol. The van der Waals surface area contributed by atoms with Gasteiger partial charge in [-0.25, -0.2) is 0 Å². The molecular formula is C17H13ClN2O3. The second-order valence-corrected chi connectivity index (χ2v) is 5.48. The molecule has 0 radical (unpaired) electrons. The number of anilines is 1. The van der Waals surface area contributed by atoms with Crippen LogP contribution in [0.4, 0.5) is 5.69 Å². The topological polar surface area (TPSA) is 71.3 Å². The molecule has 0 aliphatic carbocycles. The van der Waals surface area contributed by atoms with Crippen LogP contribution in [0.5, 0.6) is 5.88 Å². The maximum atomic E-state index is 12.6. The molecule has 0 saturated heterocycles. The molecule has 0 bridgehead atoms. The summed E-state index contributed by atoms with van der Waals surface area (Å²) in [5, 5.41) is 13.4. The highest BCUT2D eigenvalue weighted by atomic mass is 35.5. The van der Waals surface area contributed by atoms with Gasteiger partial charge in [0.2, 0.25) is 0 Å². The van der Waals surface area contributed by atoms with Gasteiger partial charge in [0.15, 0.2) is 5.88 Å². The van der Waals surface area contributed by atoms with Gasteiger partial charge in [-0.1, -0.05) is 29.8 Å². The first-order valence-corrected chi connectivity index (χ1v) is 7.24. The molecule has 23 heavy (non-hydrogen) atoms. The molecule has 0 spiro atoms. The summed E-state index contributed by atoms with van der Waals surface area (Å²) in [7, 11) is 1.45. The number of carbonyl (C=O) groups is 1. The Bertz CT molecular complexity index is 965. The first kappa shape index (κ1) is 15.1. The summed E-state index contributed by atoms with van der Waals surface area (Å²) in [6.07, 6.45) is 0. The van der Waals surface area contributed by atoms with Crippen LogP contribution in [0.15, 0.2) is 53.3 Å². The highest BCUT2D eigenvalue weighted by molar-refractivity contribution is 6.36. The number of benzene rings is 2. The SMILES string of the molecule is Cn1c(O)cc2c(C(=O)Nc3ccccc3)c(Cl)ccc2c1=O. The van der Waals surface area contributed by atoms with Crippen molar-refractivity contribution in [3.63, 3.8) is 0 Å². The van der Waals surface area contributed by atoms with Crippen LogP contribution in [0.1, 0.15) is 10.4 Å². The third-order valence-corrected chi connectivity index (χ3v) is 3.92. The molecule has 1 aromatic heterocycles. The second-order valence-electron chi connectivity index (χ2n) is 5.07. The lowest BCUT2D eigenvalue weighted by molar-refractivity contribution is 0.102. The zero-order valence-electron chi connectivity index (χ0n) is 12.2. The van der Waals surface area contributed by atoms with Gasteiger partial charge >= 0.3 is 0 Å². The van der Waals surface area contributed by atoms with E-state index in [4.69, 9.17) is 11.6 Å². The largest absolute Gasteiger partial charge is 0.494 e. The van der Waals surface area contributed by atoms with E-state index in [1.165, 1.54) is 19.2 Å². The lowest BCUT2D eigenvalue weighted by atomic mass is 10.0. The molecule has 6 heteroatoms. The summed E-state index contributed by atoms with van der Waals surface area (Å²) >= 11 is 6.16. The van der Waals surface area contributed by atoms with Crippen molar-refractivity contribution >= 4 is 34.0 Å². The highest BCUT2D eigenvalue weighted by Crippen LogP contribution is 2.27. The number of halogens is 1. The summed E-state index contributed by atoms with van der Waals surface area (Å²) in [6.45, 7) is 0. The minimum absolute atomic E-state index is 0.154. The molecule has 1 heterocycles. The van der Waals surface area contributed by atoms with E-state index in [2.05, 4.69) is 5.32 Å². The van der Waals surface area contributed by atoms with Crippen molar-refractivity contribution < 1.29 is 9.90 Å². The molecule has 0 atom stereocenters. The number of hydrogen-bond acceptors (Lipinski definition) is 3. The van der Waals surface area contributed by atoms with Gasteiger partial charge in [-0.05, 0) is 24.3 Å². The maximum Gasteiger partial charge on any atom is 0.260 e. The van der Waals surface area contributed by atoms with Crippen molar-refractivity contribution in [2.75, 3.05) is 5.32 Å². The number of para-hydroxylation sites is 1. The summed E-state index contributed by atoms with van der Waals surface area (Å²) < 4.78 is 1.11. The molecule has 3 rings (SSSR count). The van der Waals surface area contributed by atoms with Crippen LogP contribution >= 0.6 is 11.6 Å². The van der Waals surface area contributed by atoms with E-state index in [1.807, 2.05) is 6.07 Å². The Labute approximate surface area is 136 Å². The van der Waals surface area contributed by atoms with Crippen LogP contribution in [-0.4, -0.2) is 15.6 Å². The first-order chi connectivity index (χ1) is 11.0. The average molecular weight is 329 g/mol. The van der Waals surface area contributed by atoms with E-state index in [-0.39, 0.29) is 16.5 Å². The first-order valence-electron chi connectivity index (χ1n) is 6.86. The number of aromatic hydroxyl groups is 1. The van der Waals surface area contributed by atoms with Crippen LogP contribution in [-0.2, 0) is 7.05 Å². The molecule has 0 aliphatic rings. The lowest BCUT2D eigenvalue weighted by Crippen LogP contribution is -2.19. The summed E-state index contributed by atoms with van der Waals surface area (Å²) in [6, 6.07) is 13.3. The predicted octanol–water partition coefficient (Wildman–Crippen LogP) is 3.15. The number of rotatable bonds is 2. The quantitative estimate of drug-likeness (QED) is 0.759. The fourth-order valence-electron chi connectivity index (χ4n) is 2.39. The third-order valence-electron chi connectivity index (χ3n) is 3.61. The Hall–Kier alpha value is -2.79. The van der Waals surface area contributed by atoms with Crippen LogP contribution in [0.3, 0.4) is 0 Å². The van der Waals surface area contributed by atoms with Gasteiger partial charge in [-0.2, -0.15) is 0 Å². The van der Waals surface area contributed by atoms with Gasteiger partial charge in [0, 0.05) is 29.6 Å². The van der Waals surface area contributed by atoms with E-state index in [1.54, 1.807) is 30.3 Å². The molecule has 116 valence electrons. The van der Waals surface area contributed by atoms with E-state index in [9.17, 15) is 14.7 Å². The molecule has 0 saturated carbocycles.